The van der Waals surface area contributed by atoms with Gasteiger partial charge in [-0.2, -0.15) is 0 Å². The number of carboxylic acid groups (broad SMARTS) is 1. The smallest absolute Gasteiger partial charge is 0.325 e. The summed E-state index contributed by atoms with van der Waals surface area (Å²) in [5.74, 6) is -3.02. The minimum absolute atomic E-state index is 0.0478. The number of nitrogens with one attached hydrogen (secondary N) is 4. The van der Waals surface area contributed by atoms with Crippen molar-refractivity contribution in [1.82, 2.24) is 25.9 Å². The molecule has 1 aromatic heterocycles. The Labute approximate surface area is 214 Å². The minimum Gasteiger partial charge on any atom is -0.508 e. The number of phenolic OH excluding ortho intramolecular Hbond substituents is 1. The molecule has 13 nitrogen and oxygen atoms in total. The summed E-state index contributed by atoms with van der Waals surface area (Å²) in [6, 6.07) is 1.97. The molecular weight excluding hydrogens is 482 g/mol. The van der Waals surface area contributed by atoms with Crippen LogP contribution in [0, 0.1) is 0 Å². The molecular formula is C24H35N7O6. The summed E-state index contributed by atoms with van der Waals surface area (Å²) in [5, 5.41) is 26.2. The maximum Gasteiger partial charge on any atom is 0.325 e. The van der Waals surface area contributed by atoms with Crippen molar-refractivity contribution in [2.24, 2.45) is 11.5 Å². The summed E-state index contributed by atoms with van der Waals surface area (Å²) in [6.07, 6.45) is 4.50. The van der Waals surface area contributed by atoms with E-state index in [1.807, 2.05) is 0 Å². The SMILES string of the molecule is CC(NC(=O)C(CCCCN)NC(=O)C(Cc1cnc[nH]1)NC(=O)C(N)Cc1ccc(O)cc1)C(=O)O. The van der Waals surface area contributed by atoms with Crippen LogP contribution in [0.2, 0.25) is 0 Å². The molecule has 0 saturated heterocycles. The van der Waals surface area contributed by atoms with E-state index >= 15 is 0 Å². The predicted octanol–water partition coefficient (Wildman–Crippen LogP) is -1.08. The van der Waals surface area contributed by atoms with Crippen molar-refractivity contribution in [2.75, 3.05) is 6.54 Å². The number of imidazole rings is 1. The first-order chi connectivity index (χ1) is 17.6. The number of amides is 3. The van der Waals surface area contributed by atoms with Gasteiger partial charge >= 0.3 is 5.97 Å². The molecule has 0 spiro atoms. The minimum atomic E-state index is -1.22. The van der Waals surface area contributed by atoms with Gasteiger partial charge in [0.25, 0.3) is 0 Å². The Morgan fingerprint density at radius 1 is 0.973 bits per heavy atom. The second kappa shape index (κ2) is 14.6. The van der Waals surface area contributed by atoms with Crippen LogP contribution in [-0.4, -0.2) is 74.6 Å². The summed E-state index contributed by atoms with van der Waals surface area (Å²) in [4.78, 5) is 56.8. The zero-order valence-corrected chi connectivity index (χ0v) is 20.6. The molecule has 2 aromatic rings. The number of rotatable bonds is 15. The van der Waals surface area contributed by atoms with Gasteiger partial charge in [0, 0.05) is 18.3 Å². The van der Waals surface area contributed by atoms with Crippen molar-refractivity contribution in [2.45, 2.75) is 63.2 Å². The molecule has 0 saturated carbocycles. The van der Waals surface area contributed by atoms with Gasteiger partial charge in [-0.05, 0) is 56.8 Å². The molecule has 0 fully saturated rings. The maximum atomic E-state index is 13.2. The number of carboxylic acids is 1. The van der Waals surface area contributed by atoms with Crippen LogP contribution in [0.25, 0.3) is 0 Å². The van der Waals surface area contributed by atoms with Gasteiger partial charge < -0.3 is 42.6 Å². The number of carbonyl (C=O) groups excluding carboxylic acids is 3. The monoisotopic (exact) mass is 517 g/mol. The van der Waals surface area contributed by atoms with E-state index in [9.17, 15) is 24.3 Å². The highest BCUT2D eigenvalue weighted by atomic mass is 16.4. The van der Waals surface area contributed by atoms with E-state index in [1.54, 1.807) is 12.1 Å². The number of aromatic nitrogens is 2. The summed E-state index contributed by atoms with van der Waals surface area (Å²) in [6.45, 7) is 1.71. The Morgan fingerprint density at radius 3 is 2.22 bits per heavy atom. The van der Waals surface area contributed by atoms with Gasteiger partial charge in [-0.1, -0.05) is 12.1 Å². The second-order valence-electron chi connectivity index (χ2n) is 8.73. The molecule has 2 rings (SSSR count). The first-order valence-corrected chi connectivity index (χ1v) is 12.0. The van der Waals surface area contributed by atoms with E-state index in [4.69, 9.17) is 16.6 Å². The Morgan fingerprint density at radius 2 is 1.62 bits per heavy atom. The molecule has 202 valence electrons. The topological polar surface area (TPSA) is 226 Å². The number of phenols is 1. The van der Waals surface area contributed by atoms with E-state index in [-0.39, 0.29) is 25.0 Å². The van der Waals surface area contributed by atoms with E-state index in [0.29, 0.717) is 25.1 Å². The lowest BCUT2D eigenvalue weighted by Crippen LogP contribution is -2.57. The van der Waals surface area contributed by atoms with Crippen molar-refractivity contribution in [1.29, 1.82) is 0 Å². The van der Waals surface area contributed by atoms with Crippen LogP contribution in [0.5, 0.6) is 5.75 Å². The Hall–Kier alpha value is -3.97. The summed E-state index contributed by atoms with van der Waals surface area (Å²) < 4.78 is 0. The van der Waals surface area contributed by atoms with Gasteiger partial charge in [-0.25, -0.2) is 4.98 Å². The van der Waals surface area contributed by atoms with Gasteiger partial charge in [0.1, 0.15) is 23.9 Å². The summed E-state index contributed by atoms with van der Waals surface area (Å²) >= 11 is 0. The molecule has 4 atom stereocenters. The van der Waals surface area contributed by atoms with E-state index in [0.717, 1.165) is 5.56 Å². The average Bonchev–Trinajstić information content (AvgIpc) is 3.37. The molecule has 0 aliphatic rings. The number of nitrogens with zero attached hydrogens (tertiary/aromatic N) is 1. The quantitative estimate of drug-likeness (QED) is 0.134. The number of aromatic amines is 1. The van der Waals surface area contributed by atoms with Crippen LogP contribution in [0.4, 0.5) is 0 Å². The van der Waals surface area contributed by atoms with Crippen LogP contribution < -0.4 is 27.4 Å². The van der Waals surface area contributed by atoms with Crippen molar-refractivity contribution in [3.05, 3.63) is 48.0 Å². The molecule has 0 aliphatic heterocycles. The fourth-order valence-electron chi connectivity index (χ4n) is 3.49. The van der Waals surface area contributed by atoms with Gasteiger partial charge in [0.15, 0.2) is 0 Å². The predicted molar refractivity (Wildman–Crippen MR) is 134 cm³/mol. The molecule has 37 heavy (non-hydrogen) atoms. The number of aliphatic carboxylic acids is 1. The zero-order valence-electron chi connectivity index (χ0n) is 20.6. The number of benzene rings is 1. The zero-order chi connectivity index (χ0) is 27.4. The van der Waals surface area contributed by atoms with Gasteiger partial charge in [-0.3, -0.25) is 19.2 Å². The van der Waals surface area contributed by atoms with E-state index in [1.165, 1.54) is 31.6 Å². The van der Waals surface area contributed by atoms with Crippen LogP contribution in [-0.2, 0) is 32.0 Å². The van der Waals surface area contributed by atoms with Crippen LogP contribution in [0.1, 0.15) is 37.4 Å². The fraction of sp³-hybridized carbons (Fsp3) is 0.458. The third kappa shape index (κ3) is 9.89. The van der Waals surface area contributed by atoms with Crippen LogP contribution >= 0.6 is 0 Å². The van der Waals surface area contributed by atoms with Crippen molar-refractivity contribution >= 4 is 23.7 Å². The molecule has 0 aliphatic carbocycles. The number of hydrogen-bond donors (Lipinski definition) is 8. The number of unbranched alkanes of at least 4 members (excludes halogenated alkanes) is 1. The Balaban J connectivity index is 2.14. The van der Waals surface area contributed by atoms with Gasteiger partial charge in [0.2, 0.25) is 17.7 Å². The molecule has 10 N–H and O–H groups in total. The summed E-state index contributed by atoms with van der Waals surface area (Å²) in [7, 11) is 0. The number of hydrogen-bond acceptors (Lipinski definition) is 8. The van der Waals surface area contributed by atoms with Crippen molar-refractivity contribution in [3.8, 4) is 5.75 Å². The number of H-pyrrole nitrogens is 1. The lowest BCUT2D eigenvalue weighted by atomic mass is 10.0. The van der Waals surface area contributed by atoms with Gasteiger partial charge in [-0.15, -0.1) is 0 Å². The van der Waals surface area contributed by atoms with E-state index < -0.39 is 47.9 Å². The lowest BCUT2D eigenvalue weighted by Gasteiger charge is -2.24. The van der Waals surface area contributed by atoms with Crippen LogP contribution in [0.15, 0.2) is 36.8 Å². The summed E-state index contributed by atoms with van der Waals surface area (Å²) in [5.41, 5.74) is 12.9. The fourth-order valence-corrected chi connectivity index (χ4v) is 3.49. The molecule has 0 radical (unpaired) electrons. The molecule has 1 aromatic carbocycles. The third-order valence-electron chi connectivity index (χ3n) is 5.65. The number of aromatic hydroxyl groups is 1. The van der Waals surface area contributed by atoms with Crippen molar-refractivity contribution < 1.29 is 29.4 Å². The highest BCUT2D eigenvalue weighted by Crippen LogP contribution is 2.11. The molecule has 1 heterocycles. The lowest BCUT2D eigenvalue weighted by molar-refractivity contribution is -0.141. The molecule has 13 heteroatoms. The largest absolute Gasteiger partial charge is 0.508 e. The van der Waals surface area contributed by atoms with Crippen LogP contribution in [0.3, 0.4) is 0 Å². The third-order valence-corrected chi connectivity index (χ3v) is 5.65. The highest BCUT2D eigenvalue weighted by molar-refractivity contribution is 5.94. The Bertz CT molecular complexity index is 1030. The standard InChI is InChI=1S/C24H35N7O6/c1-14(24(36)37)29-22(34)19(4-2-3-9-25)30-23(35)20(11-16-12-27-13-28-16)31-21(33)18(26)10-15-5-7-17(32)8-6-15/h5-8,12-14,18-20,32H,2-4,9-11,25-26H2,1H3,(H,27,28)(H,29,34)(H,30,35)(H,31,33)(H,36,37). The average molecular weight is 518 g/mol. The first kappa shape index (κ1) is 29.3. The normalized spacial score (nSPS) is 14.1. The highest BCUT2D eigenvalue weighted by Gasteiger charge is 2.29. The first-order valence-electron chi connectivity index (χ1n) is 12.0. The molecule has 4 unspecified atom stereocenters. The van der Waals surface area contributed by atoms with E-state index in [2.05, 4.69) is 25.9 Å². The van der Waals surface area contributed by atoms with Gasteiger partial charge in [0.05, 0.1) is 12.4 Å². The maximum absolute atomic E-state index is 13.2. The molecule has 3 amide bonds. The molecule has 0 bridgehead atoms. The number of carbonyl (C=O) groups is 4. The van der Waals surface area contributed by atoms with Crippen molar-refractivity contribution in [3.63, 3.8) is 0 Å². The second-order valence-corrected chi connectivity index (χ2v) is 8.73. The Kier molecular flexibility index (Phi) is 11.5. The number of nitrogens with two attached hydrogens (primary N) is 2.